The van der Waals surface area contributed by atoms with Crippen LogP contribution < -0.4 is 5.73 Å². The van der Waals surface area contributed by atoms with Gasteiger partial charge in [-0.25, -0.2) is 9.18 Å². The molecule has 0 saturated carbocycles. The van der Waals surface area contributed by atoms with Crippen LogP contribution in [0.1, 0.15) is 11.3 Å². The van der Waals surface area contributed by atoms with E-state index in [9.17, 15) is 9.18 Å². The van der Waals surface area contributed by atoms with E-state index in [1.165, 1.54) is 10.6 Å². The smallest absolute Gasteiger partial charge is 0.404 e. The van der Waals surface area contributed by atoms with Gasteiger partial charge in [-0.15, -0.1) is 0 Å². The van der Waals surface area contributed by atoms with Crippen molar-refractivity contribution in [3.05, 3.63) is 35.3 Å². The van der Waals surface area contributed by atoms with Gasteiger partial charge in [0.05, 0.1) is 12.1 Å². The molecule has 19 heavy (non-hydrogen) atoms. The minimum atomic E-state index is -0.897. The van der Waals surface area contributed by atoms with Crippen LogP contribution in [0.2, 0.25) is 0 Å². The Morgan fingerprint density at radius 2 is 2.32 bits per heavy atom. The normalized spacial score (nSPS) is 10.4. The van der Waals surface area contributed by atoms with E-state index in [1.807, 2.05) is 13.0 Å². The zero-order valence-electron chi connectivity index (χ0n) is 10.3. The molecule has 0 aliphatic carbocycles. The molecular weight excluding hydrogens is 249 g/mol. The maximum Gasteiger partial charge on any atom is 0.404 e. The topological polar surface area (TPSA) is 81.0 Å². The van der Waals surface area contributed by atoms with Gasteiger partial charge < -0.3 is 15.0 Å². The summed E-state index contributed by atoms with van der Waals surface area (Å²) in [6.45, 7) is 2.00. The van der Waals surface area contributed by atoms with Crippen LogP contribution in [-0.2, 0) is 11.3 Å². The Balaban J connectivity index is 2.49. The molecule has 6 heteroatoms. The Bertz CT molecular complexity index is 685. The van der Waals surface area contributed by atoms with Gasteiger partial charge in [0.15, 0.2) is 0 Å². The molecule has 0 unspecified atom stereocenters. The van der Waals surface area contributed by atoms with Crippen molar-refractivity contribution in [3.8, 4) is 6.07 Å². The zero-order chi connectivity index (χ0) is 14.0. The van der Waals surface area contributed by atoms with Crippen molar-refractivity contribution >= 4 is 17.0 Å². The molecule has 2 rings (SSSR count). The number of fused-ring (bicyclic) bond motifs is 1. The van der Waals surface area contributed by atoms with E-state index in [4.69, 9.17) is 11.0 Å². The number of halogens is 1. The minimum Gasteiger partial charge on any atom is -0.448 e. The molecule has 5 nitrogen and oxygen atoms in total. The molecule has 0 bridgehead atoms. The maximum absolute atomic E-state index is 13.9. The lowest BCUT2D eigenvalue weighted by Crippen LogP contribution is -2.17. The fourth-order valence-corrected chi connectivity index (χ4v) is 2.04. The van der Waals surface area contributed by atoms with Crippen molar-refractivity contribution in [2.24, 2.45) is 5.73 Å². The van der Waals surface area contributed by atoms with Crippen LogP contribution in [0.25, 0.3) is 10.9 Å². The second kappa shape index (κ2) is 4.98. The van der Waals surface area contributed by atoms with Gasteiger partial charge >= 0.3 is 6.09 Å². The Morgan fingerprint density at radius 1 is 1.58 bits per heavy atom. The first-order valence-corrected chi connectivity index (χ1v) is 5.65. The van der Waals surface area contributed by atoms with Crippen LogP contribution in [0, 0.1) is 24.1 Å². The van der Waals surface area contributed by atoms with Crippen LogP contribution in [-0.4, -0.2) is 17.3 Å². The number of nitrogens with two attached hydrogens (primary N) is 1. The highest BCUT2D eigenvalue weighted by Gasteiger charge is 2.14. The first-order chi connectivity index (χ1) is 9.04. The highest BCUT2D eigenvalue weighted by molar-refractivity contribution is 5.86. The standard InChI is InChI=1S/C13H12FN3O2/c1-8-2-3-11(14)12-10(8)6-9(7-15)17(12)4-5-19-13(16)18/h2-3,6H,4-5H2,1H3,(H2,16,18). The Hall–Kier alpha value is -2.55. The van der Waals surface area contributed by atoms with Crippen LogP contribution in [0.4, 0.5) is 9.18 Å². The maximum atomic E-state index is 13.9. The average molecular weight is 261 g/mol. The van der Waals surface area contributed by atoms with Gasteiger partial charge in [-0.3, -0.25) is 0 Å². The molecule has 98 valence electrons. The number of hydrogen-bond donors (Lipinski definition) is 1. The number of aryl methyl sites for hydroxylation is 1. The van der Waals surface area contributed by atoms with Crippen molar-refractivity contribution in [2.75, 3.05) is 6.61 Å². The molecule has 1 heterocycles. The van der Waals surface area contributed by atoms with Gasteiger partial charge in [0, 0.05) is 5.39 Å². The van der Waals surface area contributed by atoms with Gasteiger partial charge in [0.2, 0.25) is 0 Å². The minimum absolute atomic E-state index is 0.0127. The monoisotopic (exact) mass is 261 g/mol. The van der Waals surface area contributed by atoms with Gasteiger partial charge in [-0.05, 0) is 24.6 Å². The van der Waals surface area contributed by atoms with Crippen molar-refractivity contribution in [1.82, 2.24) is 4.57 Å². The zero-order valence-corrected chi connectivity index (χ0v) is 10.3. The summed E-state index contributed by atoms with van der Waals surface area (Å²) in [5.41, 5.74) is 6.39. The van der Waals surface area contributed by atoms with E-state index in [1.54, 1.807) is 12.1 Å². The van der Waals surface area contributed by atoms with Crippen molar-refractivity contribution in [1.29, 1.82) is 5.26 Å². The van der Waals surface area contributed by atoms with E-state index in [0.29, 0.717) is 16.6 Å². The second-order valence-corrected chi connectivity index (χ2v) is 4.09. The molecule has 0 aliphatic rings. The highest BCUT2D eigenvalue weighted by Crippen LogP contribution is 2.25. The first-order valence-electron chi connectivity index (χ1n) is 5.65. The summed E-state index contributed by atoms with van der Waals surface area (Å²) < 4.78 is 20.0. The van der Waals surface area contributed by atoms with Crippen molar-refractivity contribution in [2.45, 2.75) is 13.5 Å². The van der Waals surface area contributed by atoms with Gasteiger partial charge in [-0.2, -0.15) is 5.26 Å². The summed E-state index contributed by atoms with van der Waals surface area (Å²) in [6.07, 6.45) is -0.897. The molecular formula is C13H12FN3O2. The van der Waals surface area contributed by atoms with Crippen LogP contribution in [0.3, 0.4) is 0 Å². The fourth-order valence-electron chi connectivity index (χ4n) is 2.04. The number of nitrogens with zero attached hydrogens (tertiary/aromatic N) is 2. The highest BCUT2D eigenvalue weighted by atomic mass is 19.1. The van der Waals surface area contributed by atoms with E-state index >= 15 is 0 Å². The third-order valence-electron chi connectivity index (χ3n) is 2.90. The lowest BCUT2D eigenvalue weighted by Gasteiger charge is -2.08. The third kappa shape index (κ3) is 2.36. The number of aromatic nitrogens is 1. The first kappa shape index (κ1) is 12.9. The fraction of sp³-hybridized carbons (Fsp3) is 0.231. The number of benzene rings is 1. The molecule has 1 aromatic heterocycles. The van der Waals surface area contributed by atoms with E-state index < -0.39 is 11.9 Å². The number of nitriles is 1. The Labute approximate surface area is 109 Å². The van der Waals surface area contributed by atoms with Crippen LogP contribution in [0.15, 0.2) is 18.2 Å². The Morgan fingerprint density at radius 3 is 2.95 bits per heavy atom. The van der Waals surface area contributed by atoms with Gasteiger partial charge in [0.1, 0.15) is 24.2 Å². The molecule has 0 atom stereocenters. The largest absolute Gasteiger partial charge is 0.448 e. The summed E-state index contributed by atoms with van der Waals surface area (Å²) in [5.74, 6) is -0.416. The second-order valence-electron chi connectivity index (χ2n) is 4.09. The number of rotatable bonds is 3. The van der Waals surface area contributed by atoms with Crippen LogP contribution >= 0.6 is 0 Å². The number of carbonyl (C=O) groups is 1. The molecule has 0 radical (unpaired) electrons. The predicted octanol–water partition coefficient (Wildman–Crippen LogP) is 2.06. The van der Waals surface area contributed by atoms with E-state index in [-0.39, 0.29) is 13.2 Å². The summed E-state index contributed by atoms with van der Waals surface area (Å²) in [6, 6.07) is 6.63. The number of carbonyl (C=O) groups excluding carboxylic acids is 1. The average Bonchev–Trinajstić information content (AvgIpc) is 2.74. The van der Waals surface area contributed by atoms with E-state index in [0.717, 1.165) is 5.56 Å². The molecule has 0 fully saturated rings. The third-order valence-corrected chi connectivity index (χ3v) is 2.90. The number of ether oxygens (including phenoxy) is 1. The molecule has 2 N–H and O–H groups in total. The SMILES string of the molecule is Cc1ccc(F)c2c1cc(C#N)n2CCOC(N)=O. The quantitative estimate of drug-likeness (QED) is 0.918. The lowest BCUT2D eigenvalue weighted by atomic mass is 10.1. The molecule has 1 amide bonds. The summed E-state index contributed by atoms with van der Waals surface area (Å²) in [4.78, 5) is 10.5. The van der Waals surface area contributed by atoms with Gasteiger partial charge in [-0.1, -0.05) is 6.07 Å². The predicted molar refractivity (Wildman–Crippen MR) is 66.9 cm³/mol. The molecule has 0 aliphatic heterocycles. The Kier molecular flexibility index (Phi) is 3.38. The molecule has 2 aromatic rings. The number of primary amides is 1. The summed E-state index contributed by atoms with van der Waals surface area (Å²) in [7, 11) is 0. The molecule has 1 aromatic carbocycles. The molecule has 0 spiro atoms. The molecule has 0 saturated heterocycles. The van der Waals surface area contributed by atoms with Crippen molar-refractivity contribution < 1.29 is 13.9 Å². The summed E-state index contributed by atoms with van der Waals surface area (Å²) >= 11 is 0. The van der Waals surface area contributed by atoms with Gasteiger partial charge in [0.25, 0.3) is 0 Å². The number of amides is 1. The van der Waals surface area contributed by atoms with E-state index in [2.05, 4.69) is 4.74 Å². The summed E-state index contributed by atoms with van der Waals surface area (Å²) in [5, 5.41) is 9.76. The number of hydrogen-bond acceptors (Lipinski definition) is 3. The van der Waals surface area contributed by atoms with Crippen LogP contribution in [0.5, 0.6) is 0 Å². The lowest BCUT2D eigenvalue weighted by molar-refractivity contribution is 0.152. The van der Waals surface area contributed by atoms with Crippen molar-refractivity contribution in [3.63, 3.8) is 0 Å².